The molecule has 0 aliphatic carbocycles. The van der Waals surface area contributed by atoms with E-state index in [1.807, 2.05) is 30.5 Å². The van der Waals surface area contributed by atoms with Crippen LogP contribution in [-0.2, 0) is 0 Å². The summed E-state index contributed by atoms with van der Waals surface area (Å²) in [5, 5.41) is 0. The van der Waals surface area contributed by atoms with Gasteiger partial charge in [-0.15, -0.1) is 0 Å². The number of imidazole rings is 1. The average molecular weight is 190 g/mol. The summed E-state index contributed by atoms with van der Waals surface area (Å²) in [6.07, 6.45) is 4.06. The Hall–Kier alpha value is -1.51. The molecule has 3 nitrogen and oxygen atoms in total. The zero-order chi connectivity index (χ0) is 10.1. The Morgan fingerprint density at radius 1 is 1.36 bits per heavy atom. The number of hydrogen-bond donors (Lipinski definition) is 0. The van der Waals surface area contributed by atoms with Crippen molar-refractivity contribution in [3.05, 3.63) is 29.7 Å². The first-order chi connectivity index (χ1) is 6.70. The first-order valence-corrected chi connectivity index (χ1v) is 4.79. The van der Waals surface area contributed by atoms with Gasteiger partial charge in [0.05, 0.1) is 12.3 Å². The van der Waals surface area contributed by atoms with Crippen LogP contribution in [0.4, 0.5) is 0 Å². The van der Waals surface area contributed by atoms with E-state index in [0.717, 1.165) is 17.1 Å². The van der Waals surface area contributed by atoms with Crippen LogP contribution in [0.15, 0.2) is 18.5 Å². The Labute approximate surface area is 83.3 Å². The van der Waals surface area contributed by atoms with Gasteiger partial charge in [0.15, 0.2) is 11.4 Å². The Bertz CT molecular complexity index is 460. The van der Waals surface area contributed by atoms with Crippen molar-refractivity contribution in [2.45, 2.75) is 20.8 Å². The molecule has 0 radical (unpaired) electrons. The Morgan fingerprint density at radius 2 is 2.14 bits per heavy atom. The van der Waals surface area contributed by atoms with Gasteiger partial charge in [-0.25, -0.2) is 4.98 Å². The second-order valence-corrected chi connectivity index (χ2v) is 3.43. The molecule has 0 fully saturated rings. The van der Waals surface area contributed by atoms with E-state index in [1.165, 1.54) is 5.56 Å². The van der Waals surface area contributed by atoms with E-state index < -0.39 is 0 Å². The number of pyridine rings is 1. The Kier molecular flexibility index (Phi) is 2.15. The second kappa shape index (κ2) is 3.33. The van der Waals surface area contributed by atoms with Crippen LogP contribution in [0.3, 0.4) is 0 Å². The maximum Gasteiger partial charge on any atom is 0.179 e. The van der Waals surface area contributed by atoms with E-state index in [2.05, 4.69) is 18.1 Å². The van der Waals surface area contributed by atoms with Crippen molar-refractivity contribution in [3.8, 4) is 5.75 Å². The van der Waals surface area contributed by atoms with Gasteiger partial charge < -0.3 is 9.14 Å². The van der Waals surface area contributed by atoms with Crippen LogP contribution in [-0.4, -0.2) is 16.0 Å². The minimum Gasteiger partial charge on any atom is -0.490 e. The SMILES string of the molecule is CCOc1cc(C)cn2cc(C)nc12. The molecular formula is C11H14N2O. The van der Waals surface area contributed by atoms with Crippen molar-refractivity contribution in [1.82, 2.24) is 9.38 Å². The van der Waals surface area contributed by atoms with Gasteiger partial charge in [0, 0.05) is 12.4 Å². The molecule has 0 amide bonds. The van der Waals surface area contributed by atoms with E-state index in [-0.39, 0.29) is 0 Å². The fourth-order valence-electron chi connectivity index (χ4n) is 1.59. The lowest BCUT2D eigenvalue weighted by Gasteiger charge is -2.05. The van der Waals surface area contributed by atoms with Crippen LogP contribution in [0.1, 0.15) is 18.2 Å². The van der Waals surface area contributed by atoms with Crippen molar-refractivity contribution < 1.29 is 4.74 Å². The number of hydrogen-bond acceptors (Lipinski definition) is 2. The number of ether oxygens (including phenoxy) is 1. The molecule has 3 heteroatoms. The number of fused-ring (bicyclic) bond motifs is 1. The summed E-state index contributed by atoms with van der Waals surface area (Å²) in [6, 6.07) is 2.02. The van der Waals surface area contributed by atoms with Crippen LogP contribution >= 0.6 is 0 Å². The van der Waals surface area contributed by atoms with Gasteiger partial charge in [0.25, 0.3) is 0 Å². The van der Waals surface area contributed by atoms with Crippen LogP contribution in [0.25, 0.3) is 5.65 Å². The molecule has 0 aliphatic rings. The maximum atomic E-state index is 5.53. The standard InChI is InChI=1S/C11H14N2O/c1-4-14-10-5-8(2)6-13-7-9(3)12-11(10)13/h5-7H,4H2,1-3H3. The zero-order valence-electron chi connectivity index (χ0n) is 8.74. The molecule has 2 aromatic rings. The van der Waals surface area contributed by atoms with Gasteiger partial charge in [0.2, 0.25) is 0 Å². The van der Waals surface area contributed by atoms with Crippen LogP contribution in [0.5, 0.6) is 5.75 Å². The first-order valence-electron chi connectivity index (χ1n) is 4.79. The molecule has 0 saturated carbocycles. The fourth-order valence-corrected chi connectivity index (χ4v) is 1.59. The summed E-state index contributed by atoms with van der Waals surface area (Å²) in [4.78, 5) is 4.41. The van der Waals surface area contributed by atoms with Gasteiger partial charge >= 0.3 is 0 Å². The number of aryl methyl sites for hydroxylation is 2. The normalized spacial score (nSPS) is 10.8. The highest BCUT2D eigenvalue weighted by molar-refractivity contribution is 5.55. The Balaban J connectivity index is 2.66. The molecule has 2 aromatic heterocycles. The molecule has 2 rings (SSSR count). The third-order valence-electron chi connectivity index (χ3n) is 2.07. The molecule has 14 heavy (non-hydrogen) atoms. The summed E-state index contributed by atoms with van der Waals surface area (Å²) >= 11 is 0. The molecule has 0 aliphatic heterocycles. The summed E-state index contributed by atoms with van der Waals surface area (Å²) in [6.45, 7) is 6.69. The van der Waals surface area contributed by atoms with E-state index in [1.54, 1.807) is 0 Å². The molecule has 0 N–H and O–H groups in total. The van der Waals surface area contributed by atoms with Crippen LogP contribution < -0.4 is 4.74 Å². The third kappa shape index (κ3) is 1.45. The van der Waals surface area contributed by atoms with Crippen molar-refractivity contribution in [1.29, 1.82) is 0 Å². The highest BCUT2D eigenvalue weighted by Gasteiger charge is 2.05. The molecule has 0 bridgehead atoms. The minimum atomic E-state index is 0.672. The van der Waals surface area contributed by atoms with E-state index in [4.69, 9.17) is 4.74 Å². The fraction of sp³-hybridized carbons (Fsp3) is 0.364. The monoisotopic (exact) mass is 190 g/mol. The molecule has 0 saturated heterocycles. The van der Waals surface area contributed by atoms with Gasteiger partial charge in [-0.05, 0) is 32.4 Å². The van der Waals surface area contributed by atoms with E-state index in [0.29, 0.717) is 6.61 Å². The van der Waals surface area contributed by atoms with Crippen molar-refractivity contribution >= 4 is 5.65 Å². The molecule has 0 atom stereocenters. The summed E-state index contributed by atoms with van der Waals surface area (Å²) in [5.41, 5.74) is 3.09. The minimum absolute atomic E-state index is 0.672. The Morgan fingerprint density at radius 3 is 2.86 bits per heavy atom. The summed E-state index contributed by atoms with van der Waals surface area (Å²) < 4.78 is 7.54. The largest absolute Gasteiger partial charge is 0.490 e. The quantitative estimate of drug-likeness (QED) is 0.726. The van der Waals surface area contributed by atoms with Crippen molar-refractivity contribution in [2.24, 2.45) is 0 Å². The predicted octanol–water partition coefficient (Wildman–Crippen LogP) is 2.35. The summed E-state index contributed by atoms with van der Waals surface area (Å²) in [5.74, 6) is 0.862. The van der Waals surface area contributed by atoms with E-state index in [9.17, 15) is 0 Å². The molecule has 0 aromatic carbocycles. The van der Waals surface area contributed by atoms with Crippen LogP contribution in [0.2, 0.25) is 0 Å². The molecular weight excluding hydrogens is 176 g/mol. The van der Waals surface area contributed by atoms with Gasteiger partial charge in [-0.3, -0.25) is 0 Å². The number of aromatic nitrogens is 2. The lowest BCUT2D eigenvalue weighted by atomic mass is 10.3. The smallest absolute Gasteiger partial charge is 0.179 e. The number of rotatable bonds is 2. The molecule has 74 valence electrons. The maximum absolute atomic E-state index is 5.53. The van der Waals surface area contributed by atoms with Crippen molar-refractivity contribution in [2.75, 3.05) is 6.61 Å². The van der Waals surface area contributed by atoms with Gasteiger partial charge in [-0.2, -0.15) is 0 Å². The van der Waals surface area contributed by atoms with Crippen LogP contribution in [0, 0.1) is 13.8 Å². The van der Waals surface area contributed by atoms with Gasteiger partial charge in [0.1, 0.15) is 0 Å². The molecule has 0 spiro atoms. The summed E-state index contributed by atoms with van der Waals surface area (Å²) in [7, 11) is 0. The highest BCUT2D eigenvalue weighted by atomic mass is 16.5. The van der Waals surface area contributed by atoms with E-state index >= 15 is 0 Å². The highest BCUT2D eigenvalue weighted by Crippen LogP contribution is 2.20. The topological polar surface area (TPSA) is 26.5 Å². The second-order valence-electron chi connectivity index (χ2n) is 3.43. The lowest BCUT2D eigenvalue weighted by Crippen LogP contribution is -1.96. The molecule has 0 unspecified atom stereocenters. The predicted molar refractivity (Wildman–Crippen MR) is 55.8 cm³/mol. The van der Waals surface area contributed by atoms with Crippen molar-refractivity contribution in [3.63, 3.8) is 0 Å². The zero-order valence-corrected chi connectivity index (χ0v) is 8.74. The first kappa shape index (κ1) is 9.06. The average Bonchev–Trinajstić information content (AvgIpc) is 2.45. The number of nitrogens with zero attached hydrogens (tertiary/aromatic N) is 2. The lowest BCUT2D eigenvalue weighted by molar-refractivity contribution is 0.342. The third-order valence-corrected chi connectivity index (χ3v) is 2.07. The molecule has 2 heterocycles. The van der Waals surface area contributed by atoms with Gasteiger partial charge in [-0.1, -0.05) is 0 Å².